The average Bonchev–Trinajstić information content (AvgIpc) is 2.99. The number of thioether (sulfide) groups is 1. The van der Waals surface area contributed by atoms with E-state index >= 15 is 0 Å². The molecule has 18 heavy (non-hydrogen) atoms. The van der Waals surface area contributed by atoms with Crippen molar-refractivity contribution in [3.8, 4) is 10.4 Å². The Morgan fingerprint density at radius 3 is 3.00 bits per heavy atom. The van der Waals surface area contributed by atoms with Gasteiger partial charge in [0.1, 0.15) is 0 Å². The first-order valence-electron chi connectivity index (χ1n) is 6.10. The standard InChI is InChI=1S/C14H19NS3/c1-11(9-16-2)7-15-8-13-6-12(10-18-13)14-4-3-5-17-14/h3-6,10-11,15H,7-9H2,1-2H3. The first-order chi connectivity index (χ1) is 8.79. The zero-order valence-electron chi connectivity index (χ0n) is 10.8. The molecule has 0 radical (unpaired) electrons. The average molecular weight is 298 g/mol. The van der Waals surface area contributed by atoms with Crippen molar-refractivity contribution in [1.29, 1.82) is 0 Å². The van der Waals surface area contributed by atoms with Crippen molar-refractivity contribution in [2.24, 2.45) is 5.92 Å². The molecular weight excluding hydrogens is 278 g/mol. The van der Waals surface area contributed by atoms with Gasteiger partial charge in [0.2, 0.25) is 0 Å². The van der Waals surface area contributed by atoms with Crippen LogP contribution in [0.2, 0.25) is 0 Å². The summed E-state index contributed by atoms with van der Waals surface area (Å²) in [5.74, 6) is 1.98. The highest BCUT2D eigenvalue weighted by Crippen LogP contribution is 2.29. The molecule has 2 rings (SSSR count). The van der Waals surface area contributed by atoms with Gasteiger partial charge < -0.3 is 5.32 Å². The second-order valence-electron chi connectivity index (χ2n) is 4.47. The molecule has 2 heterocycles. The van der Waals surface area contributed by atoms with Gasteiger partial charge in [-0.25, -0.2) is 0 Å². The summed E-state index contributed by atoms with van der Waals surface area (Å²) in [6, 6.07) is 6.60. The van der Waals surface area contributed by atoms with Gasteiger partial charge in [-0.2, -0.15) is 11.8 Å². The van der Waals surface area contributed by atoms with Crippen LogP contribution in [-0.2, 0) is 6.54 Å². The lowest BCUT2D eigenvalue weighted by molar-refractivity contribution is 0.562. The summed E-state index contributed by atoms with van der Waals surface area (Å²) in [6.07, 6.45) is 2.17. The fraction of sp³-hybridized carbons (Fsp3) is 0.429. The van der Waals surface area contributed by atoms with Gasteiger partial charge in [-0.1, -0.05) is 13.0 Å². The third-order valence-electron chi connectivity index (χ3n) is 2.70. The number of hydrogen-bond donors (Lipinski definition) is 1. The van der Waals surface area contributed by atoms with Crippen LogP contribution in [0.25, 0.3) is 10.4 Å². The predicted molar refractivity (Wildman–Crippen MR) is 86.9 cm³/mol. The summed E-state index contributed by atoms with van der Waals surface area (Å²) in [4.78, 5) is 2.79. The quantitative estimate of drug-likeness (QED) is 0.803. The van der Waals surface area contributed by atoms with Gasteiger partial charge in [-0.3, -0.25) is 0 Å². The van der Waals surface area contributed by atoms with Crippen LogP contribution in [0.5, 0.6) is 0 Å². The minimum atomic E-state index is 0.747. The molecule has 4 heteroatoms. The fourth-order valence-corrected chi connectivity index (χ4v) is 4.16. The normalized spacial score (nSPS) is 12.8. The molecular formula is C14H19NS3. The second-order valence-corrected chi connectivity index (χ2v) is 7.32. The van der Waals surface area contributed by atoms with Crippen LogP contribution in [0.1, 0.15) is 11.8 Å². The zero-order valence-corrected chi connectivity index (χ0v) is 13.3. The summed E-state index contributed by atoms with van der Waals surface area (Å²) in [5, 5.41) is 7.94. The maximum Gasteiger partial charge on any atom is 0.0351 e. The van der Waals surface area contributed by atoms with E-state index < -0.39 is 0 Å². The van der Waals surface area contributed by atoms with E-state index in [4.69, 9.17) is 0 Å². The first kappa shape index (κ1) is 14.1. The van der Waals surface area contributed by atoms with E-state index in [2.05, 4.69) is 47.5 Å². The van der Waals surface area contributed by atoms with Crippen LogP contribution in [0, 0.1) is 5.92 Å². The minimum Gasteiger partial charge on any atom is -0.312 e. The molecule has 2 aromatic rings. The molecule has 1 atom stereocenters. The van der Waals surface area contributed by atoms with Gasteiger partial charge in [-0.05, 0) is 47.4 Å². The van der Waals surface area contributed by atoms with Gasteiger partial charge in [0.05, 0.1) is 0 Å². The molecule has 1 nitrogen and oxygen atoms in total. The topological polar surface area (TPSA) is 12.0 Å². The van der Waals surface area contributed by atoms with Crippen molar-refractivity contribution >= 4 is 34.4 Å². The number of thiophene rings is 2. The van der Waals surface area contributed by atoms with Crippen molar-refractivity contribution in [2.75, 3.05) is 18.6 Å². The number of rotatable bonds is 7. The molecule has 0 saturated carbocycles. The van der Waals surface area contributed by atoms with Gasteiger partial charge in [0.25, 0.3) is 0 Å². The third kappa shape index (κ3) is 4.12. The SMILES string of the molecule is CSCC(C)CNCc1cc(-c2cccs2)cs1. The Kier molecular flexibility index (Phi) is 5.76. The Bertz CT molecular complexity index is 447. The Balaban J connectivity index is 1.81. The lowest BCUT2D eigenvalue weighted by atomic mass is 10.2. The smallest absolute Gasteiger partial charge is 0.0351 e. The fourth-order valence-electron chi connectivity index (χ4n) is 1.83. The molecule has 0 saturated heterocycles. The Morgan fingerprint density at radius 1 is 1.39 bits per heavy atom. The van der Waals surface area contributed by atoms with Crippen molar-refractivity contribution < 1.29 is 0 Å². The number of hydrogen-bond acceptors (Lipinski definition) is 4. The molecule has 0 aliphatic rings. The summed E-state index contributed by atoms with van der Waals surface area (Å²) < 4.78 is 0. The van der Waals surface area contributed by atoms with Crippen molar-refractivity contribution in [2.45, 2.75) is 13.5 Å². The molecule has 98 valence electrons. The van der Waals surface area contributed by atoms with E-state index in [0.29, 0.717) is 0 Å². The van der Waals surface area contributed by atoms with E-state index in [1.165, 1.54) is 21.1 Å². The van der Waals surface area contributed by atoms with Crippen LogP contribution in [0.3, 0.4) is 0 Å². The maximum absolute atomic E-state index is 3.55. The second kappa shape index (κ2) is 7.34. The molecule has 0 aromatic carbocycles. The van der Waals surface area contributed by atoms with Crippen molar-refractivity contribution in [1.82, 2.24) is 5.32 Å². The maximum atomic E-state index is 3.55. The molecule has 1 unspecified atom stereocenters. The van der Waals surface area contributed by atoms with Crippen LogP contribution in [0.4, 0.5) is 0 Å². The van der Waals surface area contributed by atoms with Gasteiger partial charge in [0, 0.05) is 21.9 Å². The summed E-state index contributed by atoms with van der Waals surface area (Å²) >= 11 is 5.58. The lowest BCUT2D eigenvalue weighted by Gasteiger charge is -2.09. The van der Waals surface area contributed by atoms with Crippen LogP contribution >= 0.6 is 34.4 Å². The third-order valence-corrected chi connectivity index (χ3v) is 5.46. The Hall–Kier alpha value is -0.290. The van der Waals surface area contributed by atoms with Crippen molar-refractivity contribution in [3.05, 3.63) is 33.8 Å². The highest BCUT2D eigenvalue weighted by Gasteiger charge is 2.04. The summed E-state index contributed by atoms with van der Waals surface area (Å²) in [6.45, 7) is 4.40. The molecule has 0 spiro atoms. The minimum absolute atomic E-state index is 0.747. The number of nitrogens with one attached hydrogen (secondary N) is 1. The molecule has 0 aliphatic carbocycles. The monoisotopic (exact) mass is 297 g/mol. The van der Waals surface area contributed by atoms with Crippen LogP contribution < -0.4 is 5.32 Å². The van der Waals surface area contributed by atoms with Gasteiger partial charge >= 0.3 is 0 Å². The van der Waals surface area contributed by atoms with E-state index in [1.807, 2.05) is 34.4 Å². The molecule has 0 bridgehead atoms. The van der Waals surface area contributed by atoms with Gasteiger partial charge in [0.15, 0.2) is 0 Å². The van der Waals surface area contributed by atoms with E-state index in [1.54, 1.807) is 0 Å². The molecule has 0 amide bonds. The van der Waals surface area contributed by atoms with Gasteiger partial charge in [-0.15, -0.1) is 22.7 Å². The Labute approximate surface area is 122 Å². The zero-order chi connectivity index (χ0) is 12.8. The van der Waals surface area contributed by atoms with Crippen LogP contribution in [-0.4, -0.2) is 18.6 Å². The van der Waals surface area contributed by atoms with Crippen LogP contribution in [0.15, 0.2) is 29.0 Å². The first-order valence-corrected chi connectivity index (χ1v) is 9.26. The largest absolute Gasteiger partial charge is 0.312 e. The lowest BCUT2D eigenvalue weighted by Crippen LogP contribution is -2.21. The predicted octanol–water partition coefficient (Wildman–Crippen LogP) is 4.57. The molecule has 0 fully saturated rings. The van der Waals surface area contributed by atoms with E-state index in [-0.39, 0.29) is 0 Å². The summed E-state index contributed by atoms with van der Waals surface area (Å²) in [5.41, 5.74) is 1.36. The molecule has 1 N–H and O–H groups in total. The summed E-state index contributed by atoms with van der Waals surface area (Å²) in [7, 11) is 0. The molecule has 2 aromatic heterocycles. The highest BCUT2D eigenvalue weighted by molar-refractivity contribution is 7.98. The van der Waals surface area contributed by atoms with Crippen molar-refractivity contribution in [3.63, 3.8) is 0 Å². The highest BCUT2D eigenvalue weighted by atomic mass is 32.2. The Morgan fingerprint density at radius 2 is 2.28 bits per heavy atom. The van der Waals surface area contributed by atoms with E-state index in [0.717, 1.165) is 19.0 Å². The van der Waals surface area contributed by atoms with E-state index in [9.17, 15) is 0 Å². The molecule has 0 aliphatic heterocycles.